The molecule has 0 amide bonds. The molecule has 0 heterocycles. The maximum Gasteiger partial charge on any atom is 0.385 e. The molecule has 0 bridgehead atoms. The van der Waals surface area contributed by atoms with Crippen LogP contribution < -0.4 is 0 Å². The summed E-state index contributed by atoms with van der Waals surface area (Å²) in [5, 5.41) is -0.803. The van der Waals surface area contributed by atoms with Crippen LogP contribution in [0.15, 0.2) is 0 Å². The normalized spacial score (nSPS) is 8.83. The number of thioether (sulfide) groups is 1. The molecular weight excluding hydrogens is 184 g/mol. The Labute approximate surface area is 73.4 Å². The topological polar surface area (TPSA) is 69.7 Å². The van der Waals surface area contributed by atoms with Crippen LogP contribution >= 0.6 is 11.8 Å². The van der Waals surface area contributed by atoms with Crippen molar-refractivity contribution in [2.75, 3.05) is 20.0 Å². The highest BCUT2D eigenvalue weighted by Crippen LogP contribution is 2.03. The Morgan fingerprint density at radius 2 is 1.75 bits per heavy atom. The van der Waals surface area contributed by atoms with E-state index in [1.807, 2.05) is 0 Å². The summed E-state index contributed by atoms with van der Waals surface area (Å²) in [6.45, 7) is 0. The van der Waals surface area contributed by atoms with Crippen LogP contribution in [0.4, 0.5) is 0 Å². The number of hydrogen-bond acceptors (Lipinski definition) is 6. The monoisotopic (exact) mass is 192 g/mol. The van der Waals surface area contributed by atoms with Gasteiger partial charge in [0.05, 0.1) is 20.0 Å². The van der Waals surface area contributed by atoms with Crippen LogP contribution in [0.5, 0.6) is 0 Å². The molecule has 68 valence electrons. The Morgan fingerprint density at radius 3 is 2.17 bits per heavy atom. The molecule has 0 aromatic carbocycles. The molecular formula is C6H8O5S. The third-order valence-corrected chi connectivity index (χ3v) is 1.71. The van der Waals surface area contributed by atoms with Gasteiger partial charge in [-0.05, 0) is 0 Å². The largest absolute Gasteiger partial charge is 0.468 e. The van der Waals surface area contributed by atoms with Crippen molar-refractivity contribution < 1.29 is 23.9 Å². The summed E-state index contributed by atoms with van der Waals surface area (Å²) in [6.07, 6.45) is 0. The summed E-state index contributed by atoms with van der Waals surface area (Å²) < 4.78 is 8.37. The molecule has 0 saturated heterocycles. The van der Waals surface area contributed by atoms with Gasteiger partial charge in [-0.2, -0.15) is 0 Å². The molecule has 5 nitrogen and oxygen atoms in total. The molecule has 0 fully saturated rings. The first-order valence-corrected chi connectivity index (χ1v) is 3.92. The summed E-state index contributed by atoms with van der Waals surface area (Å²) in [4.78, 5) is 31.6. The van der Waals surface area contributed by atoms with E-state index >= 15 is 0 Å². The average molecular weight is 192 g/mol. The number of methoxy groups -OCH3 is 2. The van der Waals surface area contributed by atoms with Crippen molar-refractivity contribution in [1.82, 2.24) is 0 Å². The second kappa shape index (κ2) is 5.59. The molecule has 0 radical (unpaired) electrons. The summed E-state index contributed by atoms with van der Waals surface area (Å²) in [5.41, 5.74) is 0. The van der Waals surface area contributed by atoms with Crippen LogP contribution in [0.2, 0.25) is 0 Å². The molecule has 0 aromatic heterocycles. The minimum absolute atomic E-state index is 0.176. The third-order valence-electron chi connectivity index (χ3n) is 0.901. The van der Waals surface area contributed by atoms with E-state index in [1.54, 1.807) is 0 Å². The minimum atomic E-state index is -0.969. The fourth-order valence-corrected chi connectivity index (χ4v) is 0.894. The van der Waals surface area contributed by atoms with E-state index in [0.717, 1.165) is 7.11 Å². The lowest BCUT2D eigenvalue weighted by Gasteiger charge is -1.97. The molecule has 0 rings (SSSR count). The highest BCUT2D eigenvalue weighted by molar-refractivity contribution is 8.15. The van der Waals surface area contributed by atoms with Crippen LogP contribution in [-0.4, -0.2) is 37.0 Å². The average Bonchev–Trinajstić information content (AvgIpc) is 2.11. The van der Waals surface area contributed by atoms with Gasteiger partial charge in [0.2, 0.25) is 0 Å². The standard InChI is InChI=1S/C6H8O5S/c1-10-4(7)3-12-6(9)5(8)11-2/h3H2,1-2H3. The molecule has 0 unspecified atom stereocenters. The van der Waals surface area contributed by atoms with Gasteiger partial charge in [-0.1, -0.05) is 11.8 Å². The first kappa shape index (κ1) is 11.0. The fourth-order valence-electron chi connectivity index (χ4n) is 0.326. The highest BCUT2D eigenvalue weighted by atomic mass is 32.2. The van der Waals surface area contributed by atoms with Crippen molar-refractivity contribution in [2.24, 2.45) is 0 Å². The van der Waals surface area contributed by atoms with E-state index in [-0.39, 0.29) is 5.75 Å². The van der Waals surface area contributed by atoms with Crippen molar-refractivity contribution in [3.63, 3.8) is 0 Å². The minimum Gasteiger partial charge on any atom is -0.468 e. The van der Waals surface area contributed by atoms with Crippen molar-refractivity contribution in [2.45, 2.75) is 0 Å². The van der Waals surface area contributed by atoms with Gasteiger partial charge in [0.1, 0.15) is 0 Å². The predicted molar refractivity (Wildman–Crippen MR) is 41.5 cm³/mol. The van der Waals surface area contributed by atoms with Gasteiger partial charge in [-0.25, -0.2) is 4.79 Å². The predicted octanol–water partition coefficient (Wildman–Crippen LogP) is -0.408. The maximum atomic E-state index is 10.7. The van der Waals surface area contributed by atoms with Gasteiger partial charge >= 0.3 is 11.9 Å². The van der Waals surface area contributed by atoms with Gasteiger partial charge in [0, 0.05) is 0 Å². The fraction of sp³-hybridized carbons (Fsp3) is 0.500. The first-order valence-electron chi connectivity index (χ1n) is 2.93. The lowest BCUT2D eigenvalue weighted by Crippen LogP contribution is -2.14. The van der Waals surface area contributed by atoms with Crippen LogP contribution in [0, 0.1) is 0 Å². The molecule has 0 saturated carbocycles. The third kappa shape index (κ3) is 3.97. The number of hydrogen-bond donors (Lipinski definition) is 0. The van der Waals surface area contributed by atoms with Crippen LogP contribution in [0.25, 0.3) is 0 Å². The Hall–Kier alpha value is -1.04. The molecule has 0 aromatic rings. The SMILES string of the molecule is COC(=O)CSC(=O)C(=O)OC. The van der Waals surface area contributed by atoms with E-state index in [2.05, 4.69) is 9.47 Å². The Morgan fingerprint density at radius 1 is 1.17 bits per heavy atom. The van der Waals surface area contributed by atoms with Gasteiger partial charge in [0.15, 0.2) is 0 Å². The molecule has 0 aliphatic rings. The van der Waals surface area contributed by atoms with Gasteiger partial charge in [-0.15, -0.1) is 0 Å². The number of carbonyl (C=O) groups is 3. The maximum absolute atomic E-state index is 10.7. The summed E-state index contributed by atoms with van der Waals surface area (Å²) >= 11 is 0.554. The molecule has 6 heteroatoms. The molecule has 0 aliphatic carbocycles. The summed E-state index contributed by atoms with van der Waals surface area (Å²) in [6, 6.07) is 0. The van der Waals surface area contributed by atoms with Crippen LogP contribution in [0.1, 0.15) is 0 Å². The van der Waals surface area contributed by atoms with Gasteiger partial charge in [0.25, 0.3) is 5.12 Å². The molecule has 12 heavy (non-hydrogen) atoms. The van der Waals surface area contributed by atoms with Gasteiger partial charge in [-0.3, -0.25) is 9.59 Å². The number of ether oxygens (including phenoxy) is 2. The van der Waals surface area contributed by atoms with E-state index in [0.29, 0.717) is 11.8 Å². The van der Waals surface area contributed by atoms with E-state index < -0.39 is 17.1 Å². The zero-order valence-electron chi connectivity index (χ0n) is 6.66. The lowest BCUT2D eigenvalue weighted by atomic mass is 10.8. The number of rotatable bonds is 2. The van der Waals surface area contributed by atoms with E-state index in [4.69, 9.17) is 0 Å². The van der Waals surface area contributed by atoms with Crippen molar-refractivity contribution in [1.29, 1.82) is 0 Å². The first-order chi connectivity index (χ1) is 5.61. The quantitative estimate of drug-likeness (QED) is 0.437. The van der Waals surface area contributed by atoms with Crippen LogP contribution in [0.3, 0.4) is 0 Å². The summed E-state index contributed by atoms with van der Waals surface area (Å²) in [5.74, 6) is -1.70. The highest BCUT2D eigenvalue weighted by Gasteiger charge is 2.16. The molecule has 0 spiro atoms. The Kier molecular flexibility index (Phi) is 5.11. The van der Waals surface area contributed by atoms with E-state index in [9.17, 15) is 14.4 Å². The Balaban J connectivity index is 3.72. The number of carbonyl (C=O) groups excluding carboxylic acids is 3. The second-order valence-electron chi connectivity index (χ2n) is 1.64. The van der Waals surface area contributed by atoms with Gasteiger partial charge < -0.3 is 9.47 Å². The van der Waals surface area contributed by atoms with Crippen molar-refractivity contribution in [3.8, 4) is 0 Å². The molecule has 0 aliphatic heterocycles. The Bertz CT molecular complexity index is 200. The summed E-state index contributed by atoms with van der Waals surface area (Å²) in [7, 11) is 2.30. The molecule has 0 atom stereocenters. The molecule has 0 N–H and O–H groups in total. The van der Waals surface area contributed by atoms with Crippen molar-refractivity contribution >= 4 is 28.8 Å². The van der Waals surface area contributed by atoms with Crippen LogP contribution in [-0.2, 0) is 23.9 Å². The second-order valence-corrected chi connectivity index (χ2v) is 2.59. The van der Waals surface area contributed by atoms with E-state index in [1.165, 1.54) is 7.11 Å². The van der Waals surface area contributed by atoms with Crippen molar-refractivity contribution in [3.05, 3.63) is 0 Å². The number of esters is 2. The smallest absolute Gasteiger partial charge is 0.385 e. The zero-order chi connectivity index (χ0) is 9.56. The lowest BCUT2D eigenvalue weighted by molar-refractivity contribution is -0.147. The zero-order valence-corrected chi connectivity index (χ0v) is 7.47.